The lowest BCUT2D eigenvalue weighted by atomic mass is 9.85. The summed E-state index contributed by atoms with van der Waals surface area (Å²) in [4.78, 5) is 28.6. The van der Waals surface area contributed by atoms with E-state index >= 15 is 0 Å². The fourth-order valence-corrected chi connectivity index (χ4v) is 5.08. The molecule has 32 heavy (non-hydrogen) atoms. The van der Waals surface area contributed by atoms with E-state index in [1.165, 1.54) is 25.5 Å². The van der Waals surface area contributed by atoms with E-state index < -0.39 is 5.91 Å². The number of amides is 2. The summed E-state index contributed by atoms with van der Waals surface area (Å²) in [6.07, 6.45) is 8.24. The SMILES string of the molecule is Cn1cc(C(=O)Nc2ccc(Oc3cccc(C(N)=O)c3)cn2)c(C2CC3CCC2C3)n1. The van der Waals surface area contributed by atoms with Crippen LogP contribution in [0, 0.1) is 11.8 Å². The Bertz CT molecular complexity index is 1170. The number of primary amides is 1. The molecule has 2 heterocycles. The van der Waals surface area contributed by atoms with Gasteiger partial charge >= 0.3 is 0 Å². The Hall–Kier alpha value is -3.68. The van der Waals surface area contributed by atoms with Gasteiger partial charge in [-0.1, -0.05) is 12.5 Å². The van der Waals surface area contributed by atoms with Gasteiger partial charge in [0.2, 0.25) is 5.91 Å². The third kappa shape index (κ3) is 3.95. The van der Waals surface area contributed by atoms with Crippen molar-refractivity contribution in [1.29, 1.82) is 0 Å². The van der Waals surface area contributed by atoms with Crippen molar-refractivity contribution in [2.24, 2.45) is 24.6 Å². The first-order valence-electron chi connectivity index (χ1n) is 10.8. The summed E-state index contributed by atoms with van der Waals surface area (Å²) in [6.45, 7) is 0. The number of aryl methyl sites for hydroxylation is 1. The summed E-state index contributed by atoms with van der Waals surface area (Å²) < 4.78 is 7.46. The van der Waals surface area contributed by atoms with Crippen molar-refractivity contribution in [1.82, 2.24) is 14.8 Å². The molecule has 164 valence electrons. The average Bonchev–Trinajstić information content (AvgIpc) is 3.51. The highest BCUT2D eigenvalue weighted by Gasteiger charge is 2.42. The van der Waals surface area contributed by atoms with Crippen molar-refractivity contribution in [3.63, 3.8) is 0 Å². The van der Waals surface area contributed by atoms with Gasteiger partial charge in [-0.25, -0.2) is 4.98 Å². The molecular weight excluding hydrogens is 406 g/mol. The zero-order valence-electron chi connectivity index (χ0n) is 17.8. The molecule has 3 aromatic rings. The second-order valence-electron chi connectivity index (χ2n) is 8.71. The molecule has 3 atom stereocenters. The van der Waals surface area contributed by atoms with Gasteiger partial charge in [0.05, 0.1) is 17.5 Å². The quantitative estimate of drug-likeness (QED) is 0.615. The Morgan fingerprint density at radius 2 is 2.03 bits per heavy atom. The Morgan fingerprint density at radius 1 is 1.16 bits per heavy atom. The smallest absolute Gasteiger partial charge is 0.260 e. The summed E-state index contributed by atoms with van der Waals surface area (Å²) in [5, 5.41) is 7.51. The van der Waals surface area contributed by atoms with Crippen LogP contribution in [0.1, 0.15) is 58.0 Å². The Morgan fingerprint density at radius 3 is 2.72 bits per heavy atom. The Labute approximate surface area is 185 Å². The van der Waals surface area contributed by atoms with Crippen LogP contribution in [0.5, 0.6) is 11.5 Å². The highest BCUT2D eigenvalue weighted by Crippen LogP contribution is 2.53. The Kier molecular flexibility index (Phi) is 5.13. The average molecular weight is 431 g/mol. The fraction of sp³-hybridized carbons (Fsp3) is 0.333. The lowest BCUT2D eigenvalue weighted by Crippen LogP contribution is -2.18. The lowest BCUT2D eigenvalue weighted by Gasteiger charge is -2.20. The van der Waals surface area contributed by atoms with Crippen molar-refractivity contribution in [2.75, 3.05) is 5.32 Å². The number of hydrogen-bond acceptors (Lipinski definition) is 5. The van der Waals surface area contributed by atoms with Gasteiger partial charge in [-0.3, -0.25) is 14.3 Å². The van der Waals surface area contributed by atoms with Gasteiger partial charge in [0.25, 0.3) is 5.91 Å². The molecule has 0 radical (unpaired) electrons. The van der Waals surface area contributed by atoms with Crippen LogP contribution in [-0.4, -0.2) is 26.6 Å². The number of rotatable bonds is 6. The molecule has 0 saturated heterocycles. The molecule has 0 aliphatic heterocycles. The lowest BCUT2D eigenvalue weighted by molar-refractivity contribution is 0.0997. The van der Waals surface area contributed by atoms with Crippen LogP contribution < -0.4 is 15.8 Å². The van der Waals surface area contributed by atoms with Crippen LogP contribution in [0.2, 0.25) is 0 Å². The predicted molar refractivity (Wildman–Crippen MR) is 119 cm³/mol. The fourth-order valence-electron chi connectivity index (χ4n) is 5.08. The van der Waals surface area contributed by atoms with Crippen molar-refractivity contribution in [3.8, 4) is 11.5 Å². The van der Waals surface area contributed by atoms with Crippen LogP contribution in [-0.2, 0) is 7.05 Å². The second kappa shape index (κ2) is 8.11. The van der Waals surface area contributed by atoms with Crippen molar-refractivity contribution in [2.45, 2.75) is 31.6 Å². The topological polar surface area (TPSA) is 112 Å². The van der Waals surface area contributed by atoms with Crippen molar-refractivity contribution in [3.05, 3.63) is 65.6 Å². The maximum Gasteiger partial charge on any atom is 0.260 e. The molecule has 3 N–H and O–H groups in total. The normalized spacial score (nSPS) is 21.5. The standard InChI is InChI=1S/C24H25N5O3/c1-29-13-20(22(28-29)19-10-14-5-6-15(19)9-14)24(31)27-21-8-7-18(12-26-21)32-17-4-2-3-16(11-17)23(25)30/h2-4,7-8,11-15,19H,5-6,9-10H2,1H3,(H2,25,30)(H,26,27,31). The molecule has 0 spiro atoms. The molecule has 8 heteroatoms. The monoisotopic (exact) mass is 431 g/mol. The van der Waals surface area contributed by atoms with Crippen molar-refractivity contribution < 1.29 is 14.3 Å². The summed E-state index contributed by atoms with van der Waals surface area (Å²) >= 11 is 0. The number of nitrogens with two attached hydrogens (primary N) is 1. The van der Waals surface area contributed by atoms with E-state index in [9.17, 15) is 9.59 Å². The zero-order valence-corrected chi connectivity index (χ0v) is 17.8. The number of aromatic nitrogens is 3. The van der Waals surface area contributed by atoms with E-state index in [0.717, 1.165) is 18.0 Å². The van der Waals surface area contributed by atoms with Gasteiger partial charge in [0, 0.05) is 24.7 Å². The van der Waals surface area contributed by atoms with Crippen LogP contribution in [0.15, 0.2) is 48.8 Å². The maximum absolute atomic E-state index is 13.0. The van der Waals surface area contributed by atoms with Gasteiger partial charge in [-0.2, -0.15) is 5.10 Å². The van der Waals surface area contributed by atoms with Gasteiger partial charge < -0.3 is 15.8 Å². The number of carbonyl (C=O) groups excluding carboxylic acids is 2. The molecular formula is C24H25N5O3. The number of ether oxygens (including phenoxy) is 1. The predicted octanol–water partition coefficient (Wildman–Crippen LogP) is 3.86. The molecule has 3 unspecified atom stereocenters. The number of fused-ring (bicyclic) bond motifs is 2. The third-order valence-corrected chi connectivity index (χ3v) is 6.52. The molecule has 2 bridgehead atoms. The number of hydrogen-bond donors (Lipinski definition) is 2. The van der Waals surface area contributed by atoms with Crippen LogP contribution in [0.3, 0.4) is 0 Å². The van der Waals surface area contributed by atoms with E-state index in [1.807, 2.05) is 7.05 Å². The van der Waals surface area contributed by atoms with Crippen molar-refractivity contribution >= 4 is 17.6 Å². The Balaban J connectivity index is 1.28. The molecule has 5 rings (SSSR count). The minimum absolute atomic E-state index is 0.203. The highest BCUT2D eigenvalue weighted by molar-refractivity contribution is 6.04. The highest BCUT2D eigenvalue weighted by atomic mass is 16.5. The van der Waals surface area contributed by atoms with Gasteiger partial charge in [-0.15, -0.1) is 0 Å². The van der Waals surface area contributed by atoms with Crippen LogP contribution in [0.25, 0.3) is 0 Å². The molecule has 2 amide bonds. The van der Waals surface area contributed by atoms with E-state index in [2.05, 4.69) is 15.4 Å². The maximum atomic E-state index is 13.0. The van der Waals surface area contributed by atoms with E-state index in [-0.39, 0.29) is 5.91 Å². The number of pyridine rings is 1. The van der Waals surface area contributed by atoms with E-state index in [1.54, 1.807) is 47.3 Å². The number of carbonyl (C=O) groups is 2. The summed E-state index contributed by atoms with van der Waals surface area (Å²) in [5.74, 6) is 2.45. The minimum Gasteiger partial charge on any atom is -0.456 e. The molecule has 2 aromatic heterocycles. The van der Waals surface area contributed by atoms with E-state index in [4.69, 9.17) is 10.5 Å². The number of benzene rings is 1. The van der Waals surface area contributed by atoms with Gasteiger partial charge in [0.1, 0.15) is 17.3 Å². The minimum atomic E-state index is -0.521. The molecule has 8 nitrogen and oxygen atoms in total. The van der Waals surface area contributed by atoms with Gasteiger partial charge in [-0.05, 0) is 61.4 Å². The second-order valence-corrected chi connectivity index (χ2v) is 8.71. The molecule has 2 saturated carbocycles. The molecule has 2 fully saturated rings. The van der Waals surface area contributed by atoms with E-state index in [0.29, 0.717) is 40.3 Å². The largest absolute Gasteiger partial charge is 0.456 e. The number of anilines is 1. The van der Waals surface area contributed by atoms with Gasteiger partial charge in [0.15, 0.2) is 0 Å². The molecule has 1 aromatic carbocycles. The zero-order chi connectivity index (χ0) is 22.2. The number of nitrogens with zero attached hydrogens (tertiary/aromatic N) is 3. The molecule has 2 aliphatic carbocycles. The molecule has 2 aliphatic rings. The summed E-state index contributed by atoms with van der Waals surface area (Å²) in [6, 6.07) is 9.99. The van der Waals surface area contributed by atoms with Crippen LogP contribution in [0.4, 0.5) is 5.82 Å². The summed E-state index contributed by atoms with van der Waals surface area (Å²) in [7, 11) is 1.85. The first kappa shape index (κ1) is 20.2. The first-order valence-corrected chi connectivity index (χ1v) is 10.8. The third-order valence-electron chi connectivity index (χ3n) is 6.52. The summed E-state index contributed by atoms with van der Waals surface area (Å²) in [5.41, 5.74) is 7.20. The number of nitrogens with one attached hydrogen (secondary N) is 1. The first-order chi connectivity index (χ1) is 15.5. The van der Waals surface area contributed by atoms with Crippen LogP contribution >= 0.6 is 0 Å².